The molecule has 2 aliphatic rings. The lowest BCUT2D eigenvalue weighted by molar-refractivity contribution is -0.0780. The van der Waals surface area contributed by atoms with Crippen molar-refractivity contribution in [2.24, 2.45) is 17.8 Å². The van der Waals surface area contributed by atoms with Gasteiger partial charge in [0.05, 0.1) is 15.2 Å². The van der Waals surface area contributed by atoms with Crippen molar-refractivity contribution in [1.82, 2.24) is 14.5 Å². The fraction of sp³-hybridized carbons (Fsp3) is 0.300. The third kappa shape index (κ3) is 4.69. The SMILES string of the molecule is C[C@H]1CC2CC(S(=O)(=O)c3cc(C(=O)Nc4ccc(F)c(F)c4)ccc3Cl)CC1[C@@]2(O)c1nccn1-c1ccncc1. The van der Waals surface area contributed by atoms with E-state index in [0.717, 1.165) is 17.8 Å². The van der Waals surface area contributed by atoms with E-state index in [1.54, 1.807) is 24.8 Å². The summed E-state index contributed by atoms with van der Waals surface area (Å²) in [6, 6.07) is 10.4. The van der Waals surface area contributed by atoms with Gasteiger partial charge < -0.3 is 15.0 Å². The molecule has 6 rings (SSSR count). The largest absolute Gasteiger partial charge is 0.381 e. The van der Waals surface area contributed by atoms with Crippen LogP contribution in [0.4, 0.5) is 14.5 Å². The predicted molar refractivity (Wildman–Crippen MR) is 152 cm³/mol. The van der Waals surface area contributed by atoms with Gasteiger partial charge in [-0.1, -0.05) is 18.5 Å². The van der Waals surface area contributed by atoms with E-state index in [9.17, 15) is 27.1 Å². The second-order valence-corrected chi connectivity index (χ2v) is 13.6. The summed E-state index contributed by atoms with van der Waals surface area (Å²) in [5.41, 5.74) is -0.544. The first-order valence-electron chi connectivity index (χ1n) is 13.5. The van der Waals surface area contributed by atoms with Crippen LogP contribution < -0.4 is 5.32 Å². The minimum Gasteiger partial charge on any atom is -0.381 e. The Kier molecular flexibility index (Phi) is 7.15. The number of nitrogens with one attached hydrogen (secondary N) is 1. The van der Waals surface area contributed by atoms with E-state index in [-0.39, 0.29) is 45.8 Å². The van der Waals surface area contributed by atoms with Crippen molar-refractivity contribution >= 4 is 33.0 Å². The summed E-state index contributed by atoms with van der Waals surface area (Å²) < 4.78 is 56.7. The first-order valence-corrected chi connectivity index (χ1v) is 15.4. The van der Waals surface area contributed by atoms with Crippen LogP contribution in [0, 0.1) is 29.4 Å². The molecule has 2 bridgehead atoms. The molecule has 42 heavy (non-hydrogen) atoms. The number of pyridine rings is 1. The Morgan fingerprint density at radius 3 is 2.52 bits per heavy atom. The summed E-state index contributed by atoms with van der Waals surface area (Å²) in [6.07, 6.45) is 7.69. The average molecular weight is 613 g/mol. The molecule has 2 aromatic heterocycles. The zero-order valence-corrected chi connectivity index (χ0v) is 24.0. The number of fused-ring (bicyclic) bond motifs is 2. The lowest BCUT2D eigenvalue weighted by Crippen LogP contribution is -2.48. The Balaban J connectivity index is 1.29. The topological polar surface area (TPSA) is 114 Å². The molecule has 2 saturated carbocycles. The first-order chi connectivity index (χ1) is 20.0. The molecule has 2 heterocycles. The number of sulfone groups is 1. The van der Waals surface area contributed by atoms with Crippen LogP contribution in [0.25, 0.3) is 5.69 Å². The normalized spacial score (nSPS) is 25.4. The van der Waals surface area contributed by atoms with Gasteiger partial charge in [0.1, 0.15) is 11.4 Å². The molecule has 2 fully saturated rings. The standard InChI is InChI=1S/C30H27ClF2N4O4S/c1-17-12-19-14-22(16-23(17)30(19,39)29-35-10-11-37(29)21-6-8-34-9-7-21)42(40,41)27-13-18(2-4-24(27)31)28(38)36-20-3-5-25(32)26(33)15-20/h2-11,13,15,17,19,22-23,39H,12,14,16H2,1H3,(H,36,38)/t17-,19?,22?,23?,30+/m0/s1. The van der Waals surface area contributed by atoms with Gasteiger partial charge in [-0.25, -0.2) is 22.2 Å². The summed E-state index contributed by atoms with van der Waals surface area (Å²) in [6.45, 7) is 2.01. The number of halogens is 3. The third-order valence-corrected chi connectivity index (χ3v) is 11.3. The molecule has 0 radical (unpaired) electrons. The Morgan fingerprint density at radius 2 is 1.81 bits per heavy atom. The van der Waals surface area contributed by atoms with Crippen molar-refractivity contribution in [3.63, 3.8) is 0 Å². The van der Waals surface area contributed by atoms with E-state index < -0.39 is 44.1 Å². The van der Waals surface area contributed by atoms with E-state index in [1.807, 2.05) is 23.6 Å². The lowest BCUT2D eigenvalue weighted by Gasteiger charge is -2.42. The van der Waals surface area contributed by atoms with Crippen LogP contribution >= 0.6 is 11.6 Å². The van der Waals surface area contributed by atoms with Crippen LogP contribution in [-0.2, 0) is 15.4 Å². The van der Waals surface area contributed by atoms with Crippen molar-refractivity contribution in [3.8, 4) is 5.69 Å². The molecule has 2 aliphatic carbocycles. The summed E-state index contributed by atoms with van der Waals surface area (Å²) in [7, 11) is -4.03. The highest BCUT2D eigenvalue weighted by Crippen LogP contribution is 2.59. The molecule has 2 aromatic carbocycles. The summed E-state index contributed by atoms with van der Waals surface area (Å²) in [5.74, 6) is -3.16. The van der Waals surface area contributed by atoms with Crippen LogP contribution in [-0.4, -0.2) is 39.2 Å². The van der Waals surface area contributed by atoms with Crippen LogP contribution in [0.5, 0.6) is 0 Å². The van der Waals surface area contributed by atoms with Gasteiger partial charge in [0, 0.05) is 47.8 Å². The monoisotopic (exact) mass is 612 g/mol. The van der Waals surface area contributed by atoms with Crippen LogP contribution in [0.2, 0.25) is 5.02 Å². The van der Waals surface area contributed by atoms with Gasteiger partial charge in [-0.3, -0.25) is 9.78 Å². The van der Waals surface area contributed by atoms with Crippen molar-refractivity contribution < 1.29 is 27.1 Å². The van der Waals surface area contributed by atoms with Crippen LogP contribution in [0.3, 0.4) is 0 Å². The first kappa shape index (κ1) is 28.4. The number of rotatable bonds is 6. The van der Waals surface area contributed by atoms with Gasteiger partial charge in [-0.2, -0.15) is 0 Å². The quantitative estimate of drug-likeness (QED) is 0.295. The maximum Gasteiger partial charge on any atom is 0.255 e. The number of aliphatic hydroxyl groups is 1. The van der Waals surface area contributed by atoms with Crippen molar-refractivity contribution in [2.45, 2.75) is 41.9 Å². The molecule has 1 amide bonds. The molecule has 0 saturated heterocycles. The highest BCUT2D eigenvalue weighted by atomic mass is 35.5. The van der Waals surface area contributed by atoms with Gasteiger partial charge in [0.25, 0.3) is 5.91 Å². The number of hydrogen-bond acceptors (Lipinski definition) is 6. The Hall–Kier alpha value is -3.67. The third-order valence-electron chi connectivity index (χ3n) is 8.65. The van der Waals surface area contributed by atoms with E-state index in [0.29, 0.717) is 12.2 Å². The van der Waals surface area contributed by atoms with Gasteiger partial charge >= 0.3 is 0 Å². The molecular weight excluding hydrogens is 586 g/mol. The summed E-state index contributed by atoms with van der Waals surface area (Å²) >= 11 is 6.38. The van der Waals surface area contributed by atoms with Gasteiger partial charge in [0.15, 0.2) is 21.5 Å². The zero-order chi connectivity index (χ0) is 29.8. The smallest absolute Gasteiger partial charge is 0.255 e. The molecule has 12 heteroatoms. The zero-order valence-electron chi connectivity index (χ0n) is 22.4. The van der Waals surface area contributed by atoms with Gasteiger partial charge in [0.2, 0.25) is 0 Å². The van der Waals surface area contributed by atoms with E-state index in [4.69, 9.17) is 11.6 Å². The van der Waals surface area contributed by atoms with Crippen molar-refractivity contribution in [2.75, 3.05) is 5.32 Å². The Bertz CT molecular complexity index is 1790. The number of carbonyl (C=O) groups excluding carboxylic acids is 1. The second-order valence-electron chi connectivity index (χ2n) is 11.0. The van der Waals surface area contributed by atoms with Crippen molar-refractivity contribution in [3.05, 3.63) is 101 Å². The molecule has 4 aromatic rings. The lowest BCUT2D eigenvalue weighted by atomic mass is 9.72. The maximum absolute atomic E-state index is 14.0. The molecule has 0 aliphatic heterocycles. The van der Waals surface area contributed by atoms with E-state index in [2.05, 4.69) is 15.3 Å². The summed E-state index contributed by atoms with van der Waals surface area (Å²) in [5, 5.41) is 13.8. The molecule has 5 atom stereocenters. The number of carbonyl (C=O) groups is 1. The highest BCUT2D eigenvalue weighted by molar-refractivity contribution is 7.92. The number of aromatic nitrogens is 3. The number of nitrogens with zero attached hydrogens (tertiary/aromatic N) is 3. The van der Waals surface area contributed by atoms with Gasteiger partial charge in [-0.15, -0.1) is 0 Å². The molecule has 0 spiro atoms. The number of benzene rings is 2. The Labute approximate surface area is 246 Å². The number of hydrogen-bond donors (Lipinski definition) is 2. The predicted octanol–water partition coefficient (Wildman–Crippen LogP) is 5.55. The number of imidazole rings is 1. The second kappa shape index (κ2) is 10.6. The molecule has 3 unspecified atom stereocenters. The molecular formula is C30H27ClF2N4O4S. The fourth-order valence-corrected chi connectivity index (χ4v) is 9.02. The highest BCUT2D eigenvalue weighted by Gasteiger charge is 2.61. The Morgan fingerprint density at radius 1 is 1.05 bits per heavy atom. The molecule has 218 valence electrons. The molecule has 8 nitrogen and oxygen atoms in total. The minimum absolute atomic E-state index is 0.00857. The van der Waals surface area contributed by atoms with Crippen LogP contribution in [0.15, 0.2) is 78.2 Å². The summed E-state index contributed by atoms with van der Waals surface area (Å²) in [4.78, 5) is 21.3. The van der Waals surface area contributed by atoms with Crippen molar-refractivity contribution in [1.29, 1.82) is 0 Å². The minimum atomic E-state index is -4.03. The fourth-order valence-electron chi connectivity index (χ4n) is 6.65. The van der Waals surface area contributed by atoms with E-state index in [1.165, 1.54) is 24.3 Å². The maximum atomic E-state index is 14.0. The van der Waals surface area contributed by atoms with E-state index >= 15 is 0 Å². The van der Waals surface area contributed by atoms with Gasteiger partial charge in [-0.05, 0) is 79.5 Å². The average Bonchev–Trinajstić information content (AvgIpc) is 3.49. The molecule has 2 N–H and O–H groups in total. The van der Waals surface area contributed by atoms with Crippen LogP contribution in [0.1, 0.15) is 42.4 Å². The number of anilines is 1. The number of amides is 1.